The van der Waals surface area contributed by atoms with Gasteiger partial charge in [0.1, 0.15) is 0 Å². The highest BCUT2D eigenvalue weighted by Gasteiger charge is 2.30. The second-order valence-electron chi connectivity index (χ2n) is 5.11. The molecule has 0 aliphatic carbocycles. The zero-order valence-electron chi connectivity index (χ0n) is 11.4. The molecule has 0 bridgehead atoms. The molecule has 1 aromatic carbocycles. The lowest BCUT2D eigenvalue weighted by Crippen LogP contribution is -2.23. The third kappa shape index (κ3) is 1.91. The van der Waals surface area contributed by atoms with Gasteiger partial charge in [0.2, 0.25) is 0 Å². The number of rotatable bonds is 1. The molecule has 1 aromatic heterocycles. The maximum atomic E-state index is 12.5. The van der Waals surface area contributed by atoms with Gasteiger partial charge in [0.25, 0.3) is 5.91 Å². The van der Waals surface area contributed by atoms with Crippen molar-refractivity contribution in [1.29, 1.82) is 0 Å². The molecule has 3 nitrogen and oxygen atoms in total. The van der Waals surface area contributed by atoms with Crippen molar-refractivity contribution in [1.82, 2.24) is 4.98 Å². The number of carbonyl (C=O) groups is 1. The molecule has 0 saturated heterocycles. The number of anilines is 1. The maximum absolute atomic E-state index is 12.5. The molecule has 0 saturated carbocycles. The summed E-state index contributed by atoms with van der Waals surface area (Å²) < 4.78 is 0. The quantitative estimate of drug-likeness (QED) is 0.781. The van der Waals surface area contributed by atoms with Crippen molar-refractivity contribution in [2.75, 3.05) is 4.90 Å². The number of carbonyl (C=O) groups excluding carboxylic acids is 1. The first kappa shape index (κ1) is 11.9. The Morgan fingerprint density at radius 2 is 1.79 bits per heavy atom. The smallest absolute Gasteiger partial charge is 0.260 e. The Balaban J connectivity index is 2.04. The van der Waals surface area contributed by atoms with Gasteiger partial charge in [0.05, 0.1) is 17.8 Å². The van der Waals surface area contributed by atoms with Crippen LogP contribution in [0.25, 0.3) is 0 Å². The number of amides is 1. The van der Waals surface area contributed by atoms with Crippen LogP contribution in [0, 0.1) is 20.8 Å². The average Bonchev–Trinajstić information content (AvgIpc) is 2.67. The van der Waals surface area contributed by atoms with E-state index in [2.05, 4.69) is 4.98 Å². The van der Waals surface area contributed by atoms with Crippen molar-refractivity contribution in [3.63, 3.8) is 0 Å². The molecule has 2 aromatic rings. The highest BCUT2D eigenvalue weighted by Crippen LogP contribution is 2.30. The van der Waals surface area contributed by atoms with Gasteiger partial charge in [0.15, 0.2) is 0 Å². The Bertz CT molecular complexity index is 659. The zero-order valence-corrected chi connectivity index (χ0v) is 11.4. The molecule has 3 heteroatoms. The van der Waals surface area contributed by atoms with Crippen LogP contribution >= 0.6 is 0 Å². The van der Waals surface area contributed by atoms with Gasteiger partial charge < -0.3 is 4.90 Å². The van der Waals surface area contributed by atoms with Crippen molar-refractivity contribution in [3.05, 3.63) is 58.4 Å². The summed E-state index contributed by atoms with van der Waals surface area (Å²) in [4.78, 5) is 18.7. The van der Waals surface area contributed by atoms with Crippen molar-refractivity contribution in [3.8, 4) is 0 Å². The van der Waals surface area contributed by atoms with Crippen LogP contribution in [0.2, 0.25) is 0 Å². The van der Waals surface area contributed by atoms with E-state index in [4.69, 9.17) is 0 Å². The first-order valence-electron chi connectivity index (χ1n) is 6.42. The first-order chi connectivity index (χ1) is 9.06. The molecule has 1 aliphatic heterocycles. The maximum Gasteiger partial charge on any atom is 0.260 e. The van der Waals surface area contributed by atoms with Crippen LogP contribution in [-0.4, -0.2) is 10.9 Å². The Kier molecular flexibility index (Phi) is 2.63. The summed E-state index contributed by atoms with van der Waals surface area (Å²) in [6.07, 6.45) is 0. The van der Waals surface area contributed by atoms with E-state index in [-0.39, 0.29) is 5.91 Å². The van der Waals surface area contributed by atoms with E-state index in [9.17, 15) is 4.79 Å². The van der Waals surface area contributed by atoms with Crippen LogP contribution < -0.4 is 4.90 Å². The van der Waals surface area contributed by atoms with Gasteiger partial charge in [-0.1, -0.05) is 17.7 Å². The lowest BCUT2D eigenvalue weighted by molar-refractivity contribution is 0.0996. The molecule has 2 heterocycles. The summed E-state index contributed by atoms with van der Waals surface area (Å²) in [7, 11) is 0. The number of aromatic nitrogens is 1. The molecule has 19 heavy (non-hydrogen) atoms. The molecule has 0 N–H and O–H groups in total. The summed E-state index contributed by atoms with van der Waals surface area (Å²) in [6, 6.07) is 10.1. The Hall–Kier alpha value is -2.16. The van der Waals surface area contributed by atoms with E-state index in [0.717, 1.165) is 28.2 Å². The molecule has 0 spiro atoms. The first-order valence-corrected chi connectivity index (χ1v) is 6.42. The summed E-state index contributed by atoms with van der Waals surface area (Å²) in [5.41, 5.74) is 5.79. The molecule has 0 unspecified atom stereocenters. The topological polar surface area (TPSA) is 33.2 Å². The molecule has 0 radical (unpaired) electrons. The number of aryl methyl sites for hydroxylation is 3. The van der Waals surface area contributed by atoms with E-state index in [1.54, 1.807) is 0 Å². The average molecular weight is 252 g/mol. The molecule has 3 rings (SSSR count). The summed E-state index contributed by atoms with van der Waals surface area (Å²) >= 11 is 0. The number of pyridine rings is 1. The van der Waals surface area contributed by atoms with E-state index >= 15 is 0 Å². The Morgan fingerprint density at radius 1 is 1.11 bits per heavy atom. The second-order valence-corrected chi connectivity index (χ2v) is 5.11. The summed E-state index contributed by atoms with van der Waals surface area (Å²) in [5, 5.41) is 0. The second kappa shape index (κ2) is 4.19. The van der Waals surface area contributed by atoms with Crippen LogP contribution in [0.5, 0.6) is 0 Å². The molecule has 0 atom stereocenters. The van der Waals surface area contributed by atoms with E-state index in [1.807, 2.05) is 56.0 Å². The SMILES string of the molecule is Cc1ccc(N2Cc3cc(C)nc(C)c3C2=O)cc1. The zero-order chi connectivity index (χ0) is 13.6. The molecule has 1 amide bonds. The minimum atomic E-state index is 0.0591. The Labute approximate surface area is 112 Å². The van der Waals surface area contributed by atoms with Crippen LogP contribution in [0.15, 0.2) is 30.3 Å². The third-order valence-electron chi connectivity index (χ3n) is 3.54. The van der Waals surface area contributed by atoms with Gasteiger partial charge in [-0.3, -0.25) is 9.78 Å². The van der Waals surface area contributed by atoms with E-state index in [1.165, 1.54) is 5.56 Å². The standard InChI is InChI=1S/C16H16N2O/c1-10-4-6-14(7-5-10)18-9-13-8-11(2)17-12(3)15(13)16(18)19/h4-8H,9H2,1-3H3. The summed E-state index contributed by atoms with van der Waals surface area (Å²) in [5.74, 6) is 0.0591. The van der Waals surface area contributed by atoms with Crippen molar-refractivity contribution >= 4 is 11.6 Å². The van der Waals surface area contributed by atoms with Gasteiger partial charge in [-0.05, 0) is 44.5 Å². The van der Waals surface area contributed by atoms with E-state index < -0.39 is 0 Å². The van der Waals surface area contributed by atoms with Gasteiger partial charge >= 0.3 is 0 Å². The van der Waals surface area contributed by atoms with Crippen LogP contribution in [-0.2, 0) is 6.54 Å². The molecule has 0 fully saturated rings. The summed E-state index contributed by atoms with van der Waals surface area (Å²) in [6.45, 7) is 6.55. The predicted molar refractivity (Wildman–Crippen MR) is 75.4 cm³/mol. The highest BCUT2D eigenvalue weighted by atomic mass is 16.2. The van der Waals surface area contributed by atoms with Gasteiger partial charge in [-0.2, -0.15) is 0 Å². The fraction of sp³-hybridized carbons (Fsp3) is 0.250. The normalized spacial score (nSPS) is 13.8. The van der Waals surface area contributed by atoms with Crippen molar-refractivity contribution in [2.45, 2.75) is 27.3 Å². The van der Waals surface area contributed by atoms with Gasteiger partial charge in [-0.25, -0.2) is 0 Å². The third-order valence-corrected chi connectivity index (χ3v) is 3.54. The number of nitrogens with zero attached hydrogens (tertiary/aromatic N) is 2. The minimum Gasteiger partial charge on any atom is -0.304 e. The molecule has 96 valence electrons. The van der Waals surface area contributed by atoms with E-state index in [0.29, 0.717) is 6.54 Å². The van der Waals surface area contributed by atoms with Crippen LogP contribution in [0.3, 0.4) is 0 Å². The van der Waals surface area contributed by atoms with Crippen molar-refractivity contribution in [2.24, 2.45) is 0 Å². The highest BCUT2D eigenvalue weighted by molar-refractivity contribution is 6.10. The minimum absolute atomic E-state index is 0.0591. The van der Waals surface area contributed by atoms with Crippen molar-refractivity contribution < 1.29 is 4.79 Å². The van der Waals surface area contributed by atoms with Crippen LogP contribution in [0.4, 0.5) is 5.69 Å². The number of fused-ring (bicyclic) bond motifs is 1. The van der Waals surface area contributed by atoms with Crippen LogP contribution in [0.1, 0.15) is 32.9 Å². The fourth-order valence-corrected chi connectivity index (χ4v) is 2.64. The molecular weight excluding hydrogens is 236 g/mol. The lowest BCUT2D eigenvalue weighted by Gasteiger charge is -2.15. The number of hydrogen-bond donors (Lipinski definition) is 0. The monoisotopic (exact) mass is 252 g/mol. The fourth-order valence-electron chi connectivity index (χ4n) is 2.64. The van der Waals surface area contributed by atoms with Gasteiger partial charge in [-0.15, -0.1) is 0 Å². The predicted octanol–water partition coefficient (Wildman–Crippen LogP) is 3.17. The number of benzene rings is 1. The van der Waals surface area contributed by atoms with Gasteiger partial charge in [0, 0.05) is 11.4 Å². The molecular formula is C16H16N2O. The number of hydrogen-bond acceptors (Lipinski definition) is 2. The lowest BCUT2D eigenvalue weighted by atomic mass is 10.1. The largest absolute Gasteiger partial charge is 0.304 e. The molecule has 1 aliphatic rings. The Morgan fingerprint density at radius 3 is 2.47 bits per heavy atom.